The molecule has 1 aromatic carbocycles. The summed E-state index contributed by atoms with van der Waals surface area (Å²) in [6.07, 6.45) is -1.72. The molecule has 0 N–H and O–H groups in total. The van der Waals surface area contributed by atoms with Gasteiger partial charge in [0.2, 0.25) is 0 Å². The maximum absolute atomic E-state index is 14.2. The summed E-state index contributed by atoms with van der Waals surface area (Å²) >= 11 is 1.17. The number of cyclic esters (lactones) is 1. The van der Waals surface area contributed by atoms with Crippen molar-refractivity contribution < 1.29 is 22.7 Å². The molecule has 1 aliphatic heterocycles. The van der Waals surface area contributed by atoms with Gasteiger partial charge in [-0.15, -0.1) is 11.3 Å². The second-order valence-corrected chi connectivity index (χ2v) is 10.8. The van der Waals surface area contributed by atoms with Crippen LogP contribution in [0.25, 0.3) is 27.5 Å². The van der Waals surface area contributed by atoms with Gasteiger partial charge in [-0.3, -0.25) is 14.3 Å². The van der Waals surface area contributed by atoms with E-state index in [-0.39, 0.29) is 11.1 Å². The highest BCUT2D eigenvalue weighted by Crippen LogP contribution is 2.35. The maximum Gasteiger partial charge on any atom is 0.433 e. The number of para-hydroxylation sites is 1. The van der Waals surface area contributed by atoms with Crippen LogP contribution in [0.2, 0.25) is 0 Å². The van der Waals surface area contributed by atoms with Crippen molar-refractivity contribution in [2.75, 3.05) is 0 Å². The zero-order chi connectivity index (χ0) is 28.1. The van der Waals surface area contributed by atoms with Crippen LogP contribution < -0.4 is 5.56 Å². The topological polar surface area (TPSA) is 74.1 Å². The predicted molar refractivity (Wildman–Crippen MR) is 143 cm³/mol. The Kier molecular flexibility index (Phi) is 6.70. The first kappa shape index (κ1) is 26.8. The van der Waals surface area contributed by atoms with Gasteiger partial charge in [-0.25, -0.2) is 9.78 Å². The highest BCUT2D eigenvalue weighted by atomic mass is 32.1. The van der Waals surface area contributed by atoms with Gasteiger partial charge in [-0.05, 0) is 56.0 Å². The number of thiazole rings is 1. The third-order valence-corrected chi connectivity index (χ3v) is 7.63. The Morgan fingerprint density at radius 1 is 1.05 bits per heavy atom. The van der Waals surface area contributed by atoms with Crippen LogP contribution in [0.4, 0.5) is 13.2 Å². The van der Waals surface area contributed by atoms with Crippen molar-refractivity contribution in [1.82, 2.24) is 14.5 Å². The van der Waals surface area contributed by atoms with E-state index >= 15 is 0 Å². The molecule has 1 aliphatic rings. The van der Waals surface area contributed by atoms with Crippen LogP contribution in [0.1, 0.15) is 60.6 Å². The van der Waals surface area contributed by atoms with E-state index in [1.165, 1.54) is 23.5 Å². The van der Waals surface area contributed by atoms with Crippen molar-refractivity contribution >= 4 is 17.3 Å². The number of pyridine rings is 2. The number of aryl methyl sites for hydroxylation is 2. The third kappa shape index (κ3) is 4.89. The van der Waals surface area contributed by atoms with E-state index in [1.807, 2.05) is 45.9 Å². The van der Waals surface area contributed by atoms with Gasteiger partial charge in [0.15, 0.2) is 0 Å². The van der Waals surface area contributed by atoms with Gasteiger partial charge < -0.3 is 4.74 Å². The first-order chi connectivity index (χ1) is 18.4. The molecule has 0 atom stereocenters. The van der Waals surface area contributed by atoms with Gasteiger partial charge >= 0.3 is 12.1 Å². The molecule has 0 amide bonds. The van der Waals surface area contributed by atoms with E-state index in [4.69, 9.17) is 4.74 Å². The second-order valence-electron chi connectivity index (χ2n) is 9.98. The Morgan fingerprint density at radius 2 is 1.74 bits per heavy atom. The number of halogens is 3. The first-order valence-electron chi connectivity index (χ1n) is 12.6. The molecule has 5 rings (SSSR count). The lowest BCUT2D eigenvalue weighted by Gasteiger charge is -2.33. The normalized spacial score (nSPS) is 14.7. The van der Waals surface area contributed by atoms with Gasteiger partial charge in [0.05, 0.1) is 22.5 Å². The summed E-state index contributed by atoms with van der Waals surface area (Å²) < 4.78 is 46.2. The molecule has 0 aliphatic carbocycles. The van der Waals surface area contributed by atoms with E-state index in [0.717, 1.165) is 29.1 Å². The minimum atomic E-state index is -4.55. The Balaban J connectivity index is 1.72. The summed E-state index contributed by atoms with van der Waals surface area (Å²) in [5.74, 6) is -0.521. The Labute approximate surface area is 227 Å². The van der Waals surface area contributed by atoms with Crippen LogP contribution in [-0.4, -0.2) is 26.1 Å². The number of hydrogen-bond donors (Lipinski definition) is 0. The van der Waals surface area contributed by atoms with Gasteiger partial charge in [-0.1, -0.05) is 32.0 Å². The molecule has 4 aromatic rings. The fourth-order valence-corrected chi connectivity index (χ4v) is 5.72. The number of fused-ring (bicyclic) bond motifs is 1. The lowest BCUT2D eigenvalue weighted by Crippen LogP contribution is -2.40. The number of aromatic nitrogens is 3. The van der Waals surface area contributed by atoms with Crippen LogP contribution in [0.3, 0.4) is 0 Å². The molecule has 6 nitrogen and oxygen atoms in total. The average molecular weight is 554 g/mol. The highest BCUT2D eigenvalue weighted by molar-refractivity contribution is 7.13. The van der Waals surface area contributed by atoms with Gasteiger partial charge in [0.25, 0.3) is 5.56 Å². The second kappa shape index (κ2) is 9.75. The van der Waals surface area contributed by atoms with Crippen LogP contribution in [0, 0.1) is 0 Å². The van der Waals surface area contributed by atoms with E-state index in [2.05, 4.69) is 9.97 Å². The molecule has 10 heteroatoms. The summed E-state index contributed by atoms with van der Waals surface area (Å²) in [6, 6.07) is 9.64. The number of ether oxygens (including phenoxy) is 1. The number of carbonyl (C=O) groups excluding carboxylic acids is 1. The highest BCUT2D eigenvalue weighted by Gasteiger charge is 2.37. The van der Waals surface area contributed by atoms with Crippen molar-refractivity contribution in [2.45, 2.75) is 58.7 Å². The van der Waals surface area contributed by atoms with Crippen LogP contribution in [0.15, 0.2) is 52.8 Å². The number of rotatable bonds is 5. The molecule has 0 fully saturated rings. The largest absolute Gasteiger partial charge is 0.456 e. The van der Waals surface area contributed by atoms with E-state index in [1.54, 1.807) is 9.95 Å². The molecule has 4 heterocycles. The fraction of sp³-hybridized carbons (Fsp3) is 0.310. The molecule has 0 spiro atoms. The van der Waals surface area contributed by atoms with E-state index in [0.29, 0.717) is 46.8 Å². The Hall–Kier alpha value is -3.79. The van der Waals surface area contributed by atoms with Crippen molar-refractivity contribution in [3.8, 4) is 27.5 Å². The number of hydrogen-bond acceptors (Lipinski definition) is 6. The van der Waals surface area contributed by atoms with Crippen molar-refractivity contribution in [2.24, 2.45) is 0 Å². The summed E-state index contributed by atoms with van der Waals surface area (Å²) in [4.78, 5) is 35.5. The van der Waals surface area contributed by atoms with Gasteiger partial charge in [0.1, 0.15) is 16.3 Å². The van der Waals surface area contributed by atoms with Crippen molar-refractivity contribution in [3.63, 3.8) is 0 Å². The average Bonchev–Trinajstić information content (AvgIpc) is 3.37. The van der Waals surface area contributed by atoms with Crippen molar-refractivity contribution in [1.29, 1.82) is 0 Å². The van der Waals surface area contributed by atoms with Crippen molar-refractivity contribution in [3.05, 3.63) is 86.4 Å². The molecule has 0 unspecified atom stereocenters. The predicted octanol–water partition coefficient (Wildman–Crippen LogP) is 6.66. The van der Waals surface area contributed by atoms with Crippen LogP contribution in [-0.2, 0) is 30.2 Å². The number of alkyl halides is 3. The molecule has 3 aromatic heterocycles. The minimum absolute atomic E-state index is 0.217. The Morgan fingerprint density at radius 3 is 2.33 bits per heavy atom. The molecule has 39 heavy (non-hydrogen) atoms. The lowest BCUT2D eigenvalue weighted by molar-refractivity contribution is -0.141. The monoisotopic (exact) mass is 553 g/mol. The molecule has 0 radical (unpaired) electrons. The lowest BCUT2D eigenvalue weighted by atomic mass is 9.93. The molecular weight excluding hydrogens is 527 g/mol. The quantitative estimate of drug-likeness (QED) is 0.259. The number of nitrogens with zero attached hydrogens (tertiary/aromatic N) is 3. The standard InChI is InChI=1S/C29H26F3N3O3S/c1-5-16-8-7-9-17(6-2)24(16)35-22-13-28(3,4)38-27(37)19(22)12-20(26(35)36)25-34-21(15-39-25)18-10-11-23(33-14-18)29(30,31)32/h7-12,14-15H,5-6,13H2,1-4H3. The fourth-order valence-electron chi connectivity index (χ4n) is 4.88. The molecule has 202 valence electrons. The Bertz CT molecular complexity index is 1610. The van der Waals surface area contributed by atoms with Crippen LogP contribution in [0.5, 0.6) is 0 Å². The molecule has 0 saturated heterocycles. The van der Waals surface area contributed by atoms with Crippen LogP contribution >= 0.6 is 11.3 Å². The summed E-state index contributed by atoms with van der Waals surface area (Å²) in [5, 5.41) is 2.00. The van der Waals surface area contributed by atoms with E-state index in [9.17, 15) is 22.8 Å². The van der Waals surface area contributed by atoms with Gasteiger partial charge in [0, 0.05) is 29.3 Å². The maximum atomic E-state index is 14.2. The number of benzene rings is 1. The molecular formula is C29H26F3N3O3S. The first-order valence-corrected chi connectivity index (χ1v) is 13.4. The summed E-state index contributed by atoms with van der Waals surface area (Å²) in [5.41, 5.74) is 2.47. The van der Waals surface area contributed by atoms with Gasteiger partial charge in [-0.2, -0.15) is 13.2 Å². The molecule has 0 saturated carbocycles. The zero-order valence-electron chi connectivity index (χ0n) is 21.8. The van der Waals surface area contributed by atoms with E-state index < -0.39 is 23.4 Å². The number of esters is 1. The minimum Gasteiger partial charge on any atom is -0.456 e. The third-order valence-electron chi connectivity index (χ3n) is 6.76. The zero-order valence-corrected chi connectivity index (χ0v) is 22.7. The smallest absolute Gasteiger partial charge is 0.433 e. The number of carbonyl (C=O) groups is 1. The SMILES string of the molecule is CCc1cccc(CC)c1-n1c2c(cc(-c3nc(-c4ccc(C(F)(F)F)nc4)cs3)c1=O)C(=O)OC(C)(C)C2. The molecule has 0 bridgehead atoms. The summed E-state index contributed by atoms with van der Waals surface area (Å²) in [6.45, 7) is 7.66. The summed E-state index contributed by atoms with van der Waals surface area (Å²) in [7, 11) is 0.